The van der Waals surface area contributed by atoms with E-state index in [4.69, 9.17) is 0 Å². The smallest absolute Gasteiger partial charge is 0.256 e. The lowest BCUT2D eigenvalue weighted by Crippen LogP contribution is -2.25. The maximum atomic E-state index is 11.3. The molecule has 2 amide bonds. The van der Waals surface area contributed by atoms with Crippen LogP contribution >= 0.6 is 0 Å². The molecule has 2 unspecified atom stereocenters. The second-order valence-electron chi connectivity index (χ2n) is 3.59. The molecule has 0 aliphatic carbocycles. The third kappa shape index (κ3) is 1.89. The second-order valence-corrected chi connectivity index (χ2v) is 3.59. The Morgan fingerprint density at radius 2 is 1.80 bits per heavy atom. The summed E-state index contributed by atoms with van der Waals surface area (Å²) in [6.45, 7) is 0. The van der Waals surface area contributed by atoms with Gasteiger partial charge in [0.15, 0.2) is 0 Å². The first-order valence-electron chi connectivity index (χ1n) is 4.75. The Labute approximate surface area is 86.9 Å². The van der Waals surface area contributed by atoms with Crippen LogP contribution in [0.2, 0.25) is 0 Å². The standard InChI is InChI=1S/C11H11NO3/c13-9-8(10(14)12-11(9)15)6-7-4-2-1-3-5-7/h1-5,8-9,13H,6H2,(H,12,14,15). The molecule has 0 bridgehead atoms. The number of benzene rings is 1. The molecule has 2 rings (SSSR count). The number of aliphatic hydroxyl groups excluding tert-OH is 1. The summed E-state index contributed by atoms with van der Waals surface area (Å²) in [6.07, 6.45) is -0.822. The fourth-order valence-electron chi connectivity index (χ4n) is 1.69. The number of imide groups is 1. The van der Waals surface area contributed by atoms with Crippen LogP contribution in [0, 0.1) is 5.92 Å². The fraction of sp³-hybridized carbons (Fsp3) is 0.273. The SMILES string of the molecule is O=C1NC(=O)C(Cc2ccccc2)C1O. The van der Waals surface area contributed by atoms with Gasteiger partial charge < -0.3 is 5.11 Å². The normalized spacial score (nSPS) is 25.4. The monoisotopic (exact) mass is 205 g/mol. The zero-order valence-electron chi connectivity index (χ0n) is 8.01. The Kier molecular flexibility index (Phi) is 2.51. The maximum absolute atomic E-state index is 11.3. The van der Waals surface area contributed by atoms with Crippen molar-refractivity contribution in [2.45, 2.75) is 12.5 Å². The molecule has 1 saturated heterocycles. The van der Waals surface area contributed by atoms with Crippen molar-refractivity contribution in [3.05, 3.63) is 35.9 Å². The summed E-state index contributed by atoms with van der Waals surface area (Å²) in [5, 5.41) is 11.6. The van der Waals surface area contributed by atoms with E-state index in [2.05, 4.69) is 5.32 Å². The minimum Gasteiger partial charge on any atom is -0.382 e. The van der Waals surface area contributed by atoms with E-state index >= 15 is 0 Å². The Morgan fingerprint density at radius 3 is 2.33 bits per heavy atom. The molecule has 0 spiro atoms. The van der Waals surface area contributed by atoms with Gasteiger partial charge in [-0.2, -0.15) is 0 Å². The molecule has 1 heterocycles. The highest BCUT2D eigenvalue weighted by Gasteiger charge is 2.39. The quantitative estimate of drug-likeness (QED) is 0.660. The first kappa shape index (κ1) is 9.86. The first-order chi connectivity index (χ1) is 7.18. The largest absolute Gasteiger partial charge is 0.382 e. The van der Waals surface area contributed by atoms with E-state index in [9.17, 15) is 14.7 Å². The molecule has 0 saturated carbocycles. The minimum atomic E-state index is -1.21. The van der Waals surface area contributed by atoms with Crippen molar-refractivity contribution in [3.63, 3.8) is 0 Å². The third-order valence-electron chi connectivity index (χ3n) is 2.53. The summed E-state index contributed by atoms with van der Waals surface area (Å²) >= 11 is 0. The number of carbonyl (C=O) groups excluding carboxylic acids is 2. The van der Waals surface area contributed by atoms with Crippen molar-refractivity contribution >= 4 is 11.8 Å². The molecule has 2 N–H and O–H groups in total. The van der Waals surface area contributed by atoms with E-state index in [0.29, 0.717) is 6.42 Å². The van der Waals surface area contributed by atoms with Crippen molar-refractivity contribution < 1.29 is 14.7 Å². The van der Waals surface area contributed by atoms with Gasteiger partial charge in [-0.05, 0) is 12.0 Å². The number of rotatable bonds is 2. The summed E-state index contributed by atoms with van der Waals surface area (Å²) in [5.74, 6) is -1.64. The van der Waals surface area contributed by atoms with Crippen LogP contribution in [0.25, 0.3) is 0 Å². The number of nitrogens with one attached hydrogen (secondary N) is 1. The van der Waals surface area contributed by atoms with Crippen LogP contribution in [0.3, 0.4) is 0 Å². The van der Waals surface area contributed by atoms with Crippen LogP contribution < -0.4 is 5.32 Å². The average Bonchev–Trinajstić information content (AvgIpc) is 2.47. The van der Waals surface area contributed by atoms with E-state index < -0.39 is 23.8 Å². The topological polar surface area (TPSA) is 66.4 Å². The summed E-state index contributed by atoms with van der Waals surface area (Å²) in [5.41, 5.74) is 0.936. The van der Waals surface area contributed by atoms with Gasteiger partial charge in [-0.3, -0.25) is 14.9 Å². The van der Waals surface area contributed by atoms with Gasteiger partial charge in [0.05, 0.1) is 5.92 Å². The van der Waals surface area contributed by atoms with Crippen molar-refractivity contribution in [1.29, 1.82) is 0 Å². The van der Waals surface area contributed by atoms with Gasteiger partial charge in [0.2, 0.25) is 5.91 Å². The van der Waals surface area contributed by atoms with Gasteiger partial charge in [-0.15, -0.1) is 0 Å². The summed E-state index contributed by atoms with van der Waals surface area (Å²) in [4.78, 5) is 22.3. The number of hydrogen-bond donors (Lipinski definition) is 2. The number of aliphatic hydroxyl groups is 1. The van der Waals surface area contributed by atoms with Gasteiger partial charge in [-0.1, -0.05) is 30.3 Å². The second kappa shape index (κ2) is 3.82. The summed E-state index contributed by atoms with van der Waals surface area (Å²) in [7, 11) is 0. The van der Waals surface area contributed by atoms with Gasteiger partial charge in [-0.25, -0.2) is 0 Å². The zero-order valence-corrected chi connectivity index (χ0v) is 8.01. The molecule has 15 heavy (non-hydrogen) atoms. The molecule has 0 radical (unpaired) electrons. The fourth-order valence-corrected chi connectivity index (χ4v) is 1.69. The predicted octanol–water partition coefficient (Wildman–Crippen LogP) is -0.137. The van der Waals surface area contributed by atoms with E-state index in [0.717, 1.165) is 5.56 Å². The summed E-state index contributed by atoms with van der Waals surface area (Å²) in [6, 6.07) is 9.32. The molecule has 78 valence electrons. The molecule has 4 nitrogen and oxygen atoms in total. The van der Waals surface area contributed by atoms with Crippen LogP contribution in [0.15, 0.2) is 30.3 Å². The van der Waals surface area contributed by atoms with E-state index in [1.54, 1.807) is 0 Å². The van der Waals surface area contributed by atoms with Crippen LogP contribution in [-0.2, 0) is 16.0 Å². The summed E-state index contributed by atoms with van der Waals surface area (Å²) < 4.78 is 0. The Hall–Kier alpha value is -1.68. The van der Waals surface area contributed by atoms with E-state index in [1.165, 1.54) is 0 Å². The van der Waals surface area contributed by atoms with E-state index in [1.807, 2.05) is 30.3 Å². The number of amides is 2. The Morgan fingerprint density at radius 1 is 1.13 bits per heavy atom. The zero-order chi connectivity index (χ0) is 10.8. The molecule has 1 aromatic carbocycles. The van der Waals surface area contributed by atoms with E-state index in [-0.39, 0.29) is 0 Å². The lowest BCUT2D eigenvalue weighted by molar-refractivity contribution is -0.127. The third-order valence-corrected chi connectivity index (χ3v) is 2.53. The molecule has 2 atom stereocenters. The number of carbonyl (C=O) groups is 2. The van der Waals surface area contributed by atoms with Gasteiger partial charge in [0, 0.05) is 0 Å². The van der Waals surface area contributed by atoms with Gasteiger partial charge in [0.25, 0.3) is 5.91 Å². The number of hydrogen-bond acceptors (Lipinski definition) is 3. The molecule has 1 aliphatic heterocycles. The lowest BCUT2D eigenvalue weighted by Gasteiger charge is -2.09. The highest BCUT2D eigenvalue weighted by atomic mass is 16.3. The van der Waals surface area contributed by atoms with Crippen molar-refractivity contribution in [2.24, 2.45) is 5.92 Å². The lowest BCUT2D eigenvalue weighted by atomic mass is 9.96. The predicted molar refractivity (Wildman–Crippen MR) is 52.8 cm³/mol. The minimum absolute atomic E-state index is 0.388. The molecular weight excluding hydrogens is 194 g/mol. The van der Waals surface area contributed by atoms with Gasteiger partial charge in [0.1, 0.15) is 6.10 Å². The van der Waals surface area contributed by atoms with Crippen LogP contribution in [0.1, 0.15) is 5.56 Å². The average molecular weight is 205 g/mol. The highest BCUT2D eigenvalue weighted by molar-refractivity contribution is 6.06. The molecule has 0 aromatic heterocycles. The van der Waals surface area contributed by atoms with Gasteiger partial charge >= 0.3 is 0 Å². The molecule has 1 aliphatic rings. The van der Waals surface area contributed by atoms with Crippen molar-refractivity contribution in [2.75, 3.05) is 0 Å². The molecule has 4 heteroatoms. The molecular formula is C11H11NO3. The molecule has 1 fully saturated rings. The first-order valence-corrected chi connectivity index (χ1v) is 4.75. The highest BCUT2D eigenvalue weighted by Crippen LogP contribution is 2.17. The van der Waals surface area contributed by atoms with Crippen LogP contribution in [-0.4, -0.2) is 23.0 Å². The van der Waals surface area contributed by atoms with Crippen LogP contribution in [0.5, 0.6) is 0 Å². The Balaban J connectivity index is 2.13. The molecule has 1 aromatic rings. The van der Waals surface area contributed by atoms with Crippen LogP contribution in [0.4, 0.5) is 0 Å². The van der Waals surface area contributed by atoms with Crippen molar-refractivity contribution in [3.8, 4) is 0 Å². The van der Waals surface area contributed by atoms with Crippen molar-refractivity contribution in [1.82, 2.24) is 5.32 Å². The maximum Gasteiger partial charge on any atom is 0.256 e. The Bertz CT molecular complexity index is 388.